The van der Waals surface area contributed by atoms with Crippen LogP contribution in [0.2, 0.25) is 0 Å². The molecule has 2 aliphatic rings. The van der Waals surface area contributed by atoms with Gasteiger partial charge < -0.3 is 19.1 Å². The fourth-order valence-electron chi connectivity index (χ4n) is 3.82. The molecule has 1 aromatic rings. The number of hydrogen-bond donors (Lipinski definition) is 0. The van der Waals surface area contributed by atoms with Gasteiger partial charge in [-0.3, -0.25) is 9.59 Å². The molecule has 1 aromatic heterocycles. The van der Waals surface area contributed by atoms with E-state index in [0.717, 1.165) is 19.3 Å². The van der Waals surface area contributed by atoms with Gasteiger partial charge in [0.15, 0.2) is 5.82 Å². The average Bonchev–Trinajstić information content (AvgIpc) is 3.32. The standard InChI is InChI=1S/C19H30N4O4/c1-13(2)18-20-17(21-27-18)5-9-23(14(3)24)16-4-8-22(12-16)19(25)15-6-10-26-11-7-15/h13,15-16H,4-12H2,1-3H3. The summed E-state index contributed by atoms with van der Waals surface area (Å²) in [5.74, 6) is 1.73. The molecule has 150 valence electrons. The van der Waals surface area contributed by atoms with Gasteiger partial charge in [0.2, 0.25) is 17.7 Å². The van der Waals surface area contributed by atoms with Crippen LogP contribution < -0.4 is 0 Å². The largest absolute Gasteiger partial charge is 0.381 e. The fourth-order valence-corrected chi connectivity index (χ4v) is 3.82. The van der Waals surface area contributed by atoms with E-state index in [2.05, 4.69) is 10.1 Å². The molecule has 0 radical (unpaired) electrons. The molecule has 8 heteroatoms. The molecule has 2 aliphatic heterocycles. The Labute approximate surface area is 160 Å². The highest BCUT2D eigenvalue weighted by molar-refractivity contribution is 5.79. The second-order valence-electron chi connectivity index (χ2n) is 7.78. The lowest BCUT2D eigenvalue weighted by Gasteiger charge is -2.29. The SMILES string of the molecule is CC(=O)N(CCc1noc(C(C)C)n1)C1CCN(C(=O)C2CCOCC2)C1. The number of rotatable bonds is 6. The Kier molecular flexibility index (Phi) is 6.46. The molecular weight excluding hydrogens is 348 g/mol. The Balaban J connectivity index is 1.55. The number of aromatic nitrogens is 2. The van der Waals surface area contributed by atoms with Gasteiger partial charge in [-0.2, -0.15) is 4.98 Å². The molecule has 0 bridgehead atoms. The zero-order valence-corrected chi connectivity index (χ0v) is 16.5. The molecule has 3 heterocycles. The predicted molar refractivity (Wildman–Crippen MR) is 98.0 cm³/mol. The number of ether oxygens (including phenoxy) is 1. The molecule has 8 nitrogen and oxygen atoms in total. The van der Waals surface area contributed by atoms with Crippen LogP contribution in [0.25, 0.3) is 0 Å². The summed E-state index contributed by atoms with van der Waals surface area (Å²) in [6, 6.07) is 0.0581. The zero-order chi connectivity index (χ0) is 19.4. The van der Waals surface area contributed by atoms with Gasteiger partial charge >= 0.3 is 0 Å². The summed E-state index contributed by atoms with van der Waals surface area (Å²) in [5, 5.41) is 4.00. The van der Waals surface area contributed by atoms with Crippen molar-refractivity contribution < 1.29 is 18.8 Å². The lowest BCUT2D eigenvalue weighted by molar-refractivity contribution is -0.138. The molecule has 2 saturated heterocycles. The van der Waals surface area contributed by atoms with Crippen molar-refractivity contribution in [1.29, 1.82) is 0 Å². The Hall–Kier alpha value is -1.96. The summed E-state index contributed by atoms with van der Waals surface area (Å²) < 4.78 is 10.6. The highest BCUT2D eigenvalue weighted by Gasteiger charge is 2.35. The Morgan fingerprint density at radius 2 is 2.00 bits per heavy atom. The second-order valence-corrected chi connectivity index (χ2v) is 7.78. The minimum Gasteiger partial charge on any atom is -0.381 e. The summed E-state index contributed by atoms with van der Waals surface area (Å²) in [6.07, 6.45) is 2.97. The molecule has 1 atom stereocenters. The first kappa shape index (κ1) is 19.8. The first-order chi connectivity index (χ1) is 13.0. The van der Waals surface area contributed by atoms with Crippen molar-refractivity contribution >= 4 is 11.8 Å². The number of hydrogen-bond acceptors (Lipinski definition) is 6. The van der Waals surface area contributed by atoms with E-state index < -0.39 is 0 Å². The molecule has 3 rings (SSSR count). The van der Waals surface area contributed by atoms with Crippen molar-refractivity contribution in [3.63, 3.8) is 0 Å². The minimum absolute atomic E-state index is 0.0212. The van der Waals surface area contributed by atoms with Crippen LogP contribution in [0, 0.1) is 5.92 Å². The third-order valence-electron chi connectivity index (χ3n) is 5.44. The van der Waals surface area contributed by atoms with Gasteiger partial charge in [0.25, 0.3) is 0 Å². The predicted octanol–water partition coefficient (Wildman–Crippen LogP) is 1.61. The van der Waals surface area contributed by atoms with Crippen molar-refractivity contribution in [2.75, 3.05) is 32.8 Å². The topological polar surface area (TPSA) is 88.8 Å². The van der Waals surface area contributed by atoms with Gasteiger partial charge in [0, 0.05) is 58.0 Å². The normalized spacial score (nSPS) is 21.0. The highest BCUT2D eigenvalue weighted by Crippen LogP contribution is 2.23. The van der Waals surface area contributed by atoms with Gasteiger partial charge in [0.05, 0.1) is 6.04 Å². The third-order valence-corrected chi connectivity index (χ3v) is 5.44. The fraction of sp³-hybridized carbons (Fsp3) is 0.789. The molecule has 0 saturated carbocycles. The van der Waals surface area contributed by atoms with Crippen LogP contribution in [0.1, 0.15) is 57.7 Å². The minimum atomic E-state index is 0.0212. The maximum Gasteiger partial charge on any atom is 0.229 e. The smallest absolute Gasteiger partial charge is 0.229 e. The third kappa shape index (κ3) is 4.86. The molecule has 0 aromatic carbocycles. The summed E-state index contributed by atoms with van der Waals surface area (Å²) in [5.41, 5.74) is 0. The number of nitrogens with zero attached hydrogens (tertiary/aromatic N) is 4. The van der Waals surface area contributed by atoms with Crippen LogP contribution in [0.3, 0.4) is 0 Å². The second kappa shape index (κ2) is 8.82. The first-order valence-corrected chi connectivity index (χ1v) is 9.92. The quantitative estimate of drug-likeness (QED) is 0.747. The first-order valence-electron chi connectivity index (χ1n) is 9.92. The van der Waals surface area contributed by atoms with Crippen molar-refractivity contribution in [2.24, 2.45) is 5.92 Å². The van der Waals surface area contributed by atoms with Crippen LogP contribution in [0.5, 0.6) is 0 Å². The molecule has 0 N–H and O–H groups in total. The van der Waals surface area contributed by atoms with Gasteiger partial charge in [-0.25, -0.2) is 0 Å². The number of carbonyl (C=O) groups excluding carboxylic acids is 2. The number of likely N-dealkylation sites (tertiary alicyclic amines) is 1. The van der Waals surface area contributed by atoms with Crippen molar-refractivity contribution in [3.8, 4) is 0 Å². The Morgan fingerprint density at radius 1 is 1.26 bits per heavy atom. The Morgan fingerprint density at radius 3 is 2.63 bits per heavy atom. The van der Waals surface area contributed by atoms with E-state index in [4.69, 9.17) is 9.26 Å². The zero-order valence-electron chi connectivity index (χ0n) is 16.5. The molecule has 0 aliphatic carbocycles. The van der Waals surface area contributed by atoms with E-state index in [-0.39, 0.29) is 29.7 Å². The van der Waals surface area contributed by atoms with Crippen molar-refractivity contribution in [1.82, 2.24) is 19.9 Å². The van der Waals surface area contributed by atoms with E-state index in [1.54, 1.807) is 6.92 Å². The molecule has 27 heavy (non-hydrogen) atoms. The van der Waals surface area contributed by atoms with Crippen LogP contribution >= 0.6 is 0 Å². The van der Waals surface area contributed by atoms with Gasteiger partial charge in [-0.15, -0.1) is 0 Å². The lowest BCUT2D eigenvalue weighted by atomic mass is 9.99. The van der Waals surface area contributed by atoms with Crippen LogP contribution in [0.15, 0.2) is 4.52 Å². The molecule has 1 unspecified atom stereocenters. The average molecular weight is 378 g/mol. The summed E-state index contributed by atoms with van der Waals surface area (Å²) in [4.78, 5) is 33.1. The maximum atomic E-state index is 12.7. The highest BCUT2D eigenvalue weighted by atomic mass is 16.5. The van der Waals surface area contributed by atoms with Crippen LogP contribution in [-0.2, 0) is 20.7 Å². The number of amides is 2. The number of carbonyl (C=O) groups is 2. The van der Waals surface area contributed by atoms with E-state index in [9.17, 15) is 9.59 Å². The van der Waals surface area contributed by atoms with E-state index in [1.165, 1.54) is 0 Å². The van der Waals surface area contributed by atoms with E-state index in [1.807, 2.05) is 23.6 Å². The molecular formula is C19H30N4O4. The van der Waals surface area contributed by atoms with Gasteiger partial charge in [-0.1, -0.05) is 19.0 Å². The van der Waals surface area contributed by atoms with E-state index in [0.29, 0.717) is 51.0 Å². The van der Waals surface area contributed by atoms with Crippen LogP contribution in [0.4, 0.5) is 0 Å². The Bertz CT molecular complexity index is 654. The van der Waals surface area contributed by atoms with Crippen molar-refractivity contribution in [2.45, 2.75) is 58.4 Å². The van der Waals surface area contributed by atoms with Crippen molar-refractivity contribution in [3.05, 3.63) is 11.7 Å². The lowest BCUT2D eigenvalue weighted by Crippen LogP contribution is -2.44. The van der Waals surface area contributed by atoms with E-state index >= 15 is 0 Å². The summed E-state index contributed by atoms with van der Waals surface area (Å²) in [6.45, 7) is 8.77. The molecule has 2 amide bonds. The monoisotopic (exact) mass is 378 g/mol. The summed E-state index contributed by atoms with van der Waals surface area (Å²) in [7, 11) is 0. The van der Waals surface area contributed by atoms with Gasteiger partial charge in [-0.05, 0) is 19.3 Å². The molecule has 0 spiro atoms. The van der Waals surface area contributed by atoms with Crippen LogP contribution in [-0.4, -0.2) is 70.6 Å². The maximum absolute atomic E-state index is 12.7. The van der Waals surface area contributed by atoms with Gasteiger partial charge in [0.1, 0.15) is 0 Å². The summed E-state index contributed by atoms with van der Waals surface area (Å²) >= 11 is 0. The molecule has 2 fully saturated rings.